The highest BCUT2D eigenvalue weighted by Crippen LogP contribution is 2.53. The number of carbonyl (C=O) groups excluding carboxylic acids is 2. The van der Waals surface area contributed by atoms with Crippen molar-refractivity contribution in [1.29, 1.82) is 0 Å². The molecule has 2 fully saturated rings. The Morgan fingerprint density at radius 2 is 1.10 bits per heavy atom. The molecule has 2 amide bonds. The molecular weight excluding hydrogens is 264 g/mol. The molecular formula is C17H30N2O2. The second-order valence-corrected chi connectivity index (χ2v) is 6.41. The minimum Gasteiger partial charge on any atom is -0.343 e. The first-order valence-corrected chi connectivity index (χ1v) is 8.66. The van der Waals surface area contributed by atoms with Gasteiger partial charge in [0.15, 0.2) is 0 Å². The first-order chi connectivity index (χ1) is 10.1. The van der Waals surface area contributed by atoms with E-state index in [1.165, 1.54) is 0 Å². The molecule has 2 bridgehead atoms. The van der Waals surface area contributed by atoms with Crippen LogP contribution in [0.15, 0.2) is 0 Å². The van der Waals surface area contributed by atoms with Gasteiger partial charge in [0.1, 0.15) is 0 Å². The minimum absolute atomic E-state index is 0.0586. The van der Waals surface area contributed by atoms with E-state index in [0.717, 1.165) is 45.4 Å². The number of hydrogen-bond donors (Lipinski definition) is 0. The molecule has 0 aromatic carbocycles. The maximum Gasteiger partial charge on any atom is 0.226 e. The normalized spacial score (nSPS) is 30.5. The van der Waals surface area contributed by atoms with Gasteiger partial charge in [-0.2, -0.15) is 0 Å². The van der Waals surface area contributed by atoms with Gasteiger partial charge in [-0.1, -0.05) is 0 Å². The fraction of sp³-hybridized carbons (Fsp3) is 0.882. The number of hydrogen-bond acceptors (Lipinski definition) is 2. The fourth-order valence-electron chi connectivity index (χ4n) is 4.49. The third-order valence-corrected chi connectivity index (χ3v) is 5.64. The van der Waals surface area contributed by atoms with Crippen LogP contribution in [0.5, 0.6) is 0 Å². The summed E-state index contributed by atoms with van der Waals surface area (Å²) in [6.07, 6.45) is 3.34. The first kappa shape index (κ1) is 16.3. The van der Waals surface area contributed by atoms with Crippen molar-refractivity contribution in [3.63, 3.8) is 0 Å². The van der Waals surface area contributed by atoms with E-state index in [4.69, 9.17) is 0 Å². The van der Waals surface area contributed by atoms with Gasteiger partial charge >= 0.3 is 0 Å². The van der Waals surface area contributed by atoms with Crippen molar-refractivity contribution in [1.82, 2.24) is 9.80 Å². The summed E-state index contributed by atoms with van der Waals surface area (Å²) in [6.45, 7) is 11.1. The Labute approximate surface area is 128 Å². The number of fused-ring (bicyclic) bond motifs is 2. The van der Waals surface area contributed by atoms with Crippen LogP contribution >= 0.6 is 0 Å². The Bertz CT molecular complexity index is 352. The van der Waals surface area contributed by atoms with Crippen molar-refractivity contribution >= 4 is 11.8 Å². The molecule has 0 aromatic heterocycles. The zero-order valence-electron chi connectivity index (χ0n) is 14.0. The average Bonchev–Trinajstić information content (AvgIpc) is 3.10. The topological polar surface area (TPSA) is 40.6 Å². The third-order valence-electron chi connectivity index (χ3n) is 5.64. The molecule has 120 valence electrons. The SMILES string of the molecule is CCN(CC)C(=O)[C@H]1[C@@H]2CC[C@@H](C2)[C@@H]1C(=O)N(CC)CC. The highest BCUT2D eigenvalue weighted by atomic mass is 16.2. The molecule has 0 aromatic rings. The van der Waals surface area contributed by atoms with Gasteiger partial charge in [-0.15, -0.1) is 0 Å². The van der Waals surface area contributed by atoms with Gasteiger partial charge in [0.05, 0.1) is 11.8 Å². The van der Waals surface area contributed by atoms with E-state index in [1.807, 2.05) is 37.5 Å². The second kappa shape index (κ2) is 6.80. The Morgan fingerprint density at radius 1 is 0.762 bits per heavy atom. The summed E-state index contributed by atoms with van der Waals surface area (Å²) in [7, 11) is 0. The number of rotatable bonds is 6. The summed E-state index contributed by atoms with van der Waals surface area (Å²) in [5.41, 5.74) is 0. The molecule has 0 saturated heterocycles. The van der Waals surface area contributed by atoms with Gasteiger partial charge < -0.3 is 9.80 Å². The van der Waals surface area contributed by atoms with Crippen LogP contribution in [0.25, 0.3) is 0 Å². The quantitative estimate of drug-likeness (QED) is 0.754. The Hall–Kier alpha value is -1.06. The van der Waals surface area contributed by atoms with Gasteiger partial charge in [0.25, 0.3) is 0 Å². The van der Waals surface area contributed by atoms with Crippen molar-refractivity contribution in [3.8, 4) is 0 Å². The molecule has 21 heavy (non-hydrogen) atoms. The summed E-state index contributed by atoms with van der Waals surface area (Å²) in [5, 5.41) is 0. The van der Waals surface area contributed by atoms with E-state index in [9.17, 15) is 9.59 Å². The van der Waals surface area contributed by atoms with Crippen molar-refractivity contribution in [2.45, 2.75) is 47.0 Å². The lowest BCUT2D eigenvalue weighted by Gasteiger charge is -2.35. The van der Waals surface area contributed by atoms with E-state index >= 15 is 0 Å². The van der Waals surface area contributed by atoms with Crippen LogP contribution in [0.4, 0.5) is 0 Å². The summed E-state index contributed by atoms with van der Waals surface area (Å²) in [5.74, 6) is 1.20. The Kier molecular flexibility index (Phi) is 5.28. The van der Waals surface area contributed by atoms with Gasteiger partial charge in [0, 0.05) is 26.2 Å². The van der Waals surface area contributed by atoms with Crippen molar-refractivity contribution in [3.05, 3.63) is 0 Å². The monoisotopic (exact) mass is 294 g/mol. The molecule has 0 N–H and O–H groups in total. The van der Waals surface area contributed by atoms with Crippen LogP contribution in [0, 0.1) is 23.7 Å². The number of nitrogens with zero attached hydrogens (tertiary/aromatic N) is 2. The van der Waals surface area contributed by atoms with Crippen LogP contribution in [-0.2, 0) is 9.59 Å². The van der Waals surface area contributed by atoms with Crippen LogP contribution in [0.3, 0.4) is 0 Å². The summed E-state index contributed by atoms with van der Waals surface area (Å²) < 4.78 is 0. The number of amides is 2. The molecule has 4 atom stereocenters. The molecule has 2 aliphatic rings. The molecule has 0 aliphatic heterocycles. The molecule has 2 saturated carbocycles. The van der Waals surface area contributed by atoms with Crippen molar-refractivity contribution in [2.75, 3.05) is 26.2 Å². The molecule has 0 spiro atoms. The van der Waals surface area contributed by atoms with Gasteiger partial charge in [-0.3, -0.25) is 9.59 Å². The summed E-state index contributed by atoms with van der Waals surface area (Å²) in [6, 6.07) is 0. The summed E-state index contributed by atoms with van der Waals surface area (Å²) >= 11 is 0. The molecule has 0 radical (unpaired) electrons. The Balaban J connectivity index is 2.21. The van der Waals surface area contributed by atoms with E-state index in [2.05, 4.69) is 0 Å². The highest BCUT2D eigenvalue weighted by Gasteiger charge is 2.54. The van der Waals surface area contributed by atoms with E-state index < -0.39 is 0 Å². The second-order valence-electron chi connectivity index (χ2n) is 6.41. The predicted octanol–water partition coefficient (Wildman–Crippen LogP) is 2.39. The number of carbonyl (C=O) groups is 2. The van der Waals surface area contributed by atoms with E-state index in [-0.39, 0.29) is 23.7 Å². The largest absolute Gasteiger partial charge is 0.343 e. The third kappa shape index (κ3) is 2.82. The lowest BCUT2D eigenvalue weighted by atomic mass is 9.77. The van der Waals surface area contributed by atoms with Crippen LogP contribution in [0.2, 0.25) is 0 Å². The van der Waals surface area contributed by atoms with Crippen molar-refractivity contribution in [2.24, 2.45) is 23.7 Å². The standard InChI is InChI=1S/C17H30N2O2/c1-5-18(6-2)16(20)14-12-9-10-13(11-12)15(14)17(21)19(7-3)8-4/h12-15H,5-11H2,1-4H3/t12-,13+,14-,15-/m0/s1. The molecule has 0 heterocycles. The van der Waals surface area contributed by atoms with Crippen molar-refractivity contribution < 1.29 is 9.59 Å². The zero-order valence-corrected chi connectivity index (χ0v) is 14.0. The van der Waals surface area contributed by atoms with Crippen LogP contribution < -0.4 is 0 Å². The van der Waals surface area contributed by atoms with E-state index in [0.29, 0.717) is 11.8 Å². The lowest BCUT2D eigenvalue weighted by molar-refractivity contribution is -0.148. The van der Waals surface area contributed by atoms with Gasteiger partial charge in [-0.05, 0) is 58.8 Å². The Morgan fingerprint density at radius 3 is 1.38 bits per heavy atom. The molecule has 2 rings (SSSR count). The highest BCUT2D eigenvalue weighted by molar-refractivity contribution is 5.89. The molecule has 0 unspecified atom stereocenters. The predicted molar refractivity (Wildman–Crippen MR) is 83.7 cm³/mol. The van der Waals surface area contributed by atoms with Crippen LogP contribution in [0.1, 0.15) is 47.0 Å². The smallest absolute Gasteiger partial charge is 0.226 e. The maximum atomic E-state index is 12.9. The van der Waals surface area contributed by atoms with Crippen LogP contribution in [-0.4, -0.2) is 47.8 Å². The minimum atomic E-state index is -0.0586. The summed E-state index contributed by atoms with van der Waals surface area (Å²) in [4.78, 5) is 29.6. The maximum absolute atomic E-state index is 12.9. The zero-order chi connectivity index (χ0) is 15.6. The van der Waals surface area contributed by atoms with E-state index in [1.54, 1.807) is 0 Å². The molecule has 2 aliphatic carbocycles. The molecule has 4 nitrogen and oxygen atoms in total. The lowest BCUT2D eigenvalue weighted by Crippen LogP contribution is -2.47. The first-order valence-electron chi connectivity index (χ1n) is 8.66. The van der Waals surface area contributed by atoms with Gasteiger partial charge in [0.2, 0.25) is 11.8 Å². The molecule has 4 heteroatoms. The van der Waals surface area contributed by atoms with Gasteiger partial charge in [-0.25, -0.2) is 0 Å². The average molecular weight is 294 g/mol. The fourth-order valence-corrected chi connectivity index (χ4v) is 4.49.